The molecule has 0 radical (unpaired) electrons. The Morgan fingerprint density at radius 2 is 1.50 bits per heavy atom. The molecule has 0 rings (SSSR count). The molecule has 0 saturated carbocycles. The van der Waals surface area contributed by atoms with Gasteiger partial charge in [-0.25, -0.2) is 0 Å². The number of hydrogen-bond donors (Lipinski definition) is 1. The Balaban J connectivity index is 0. The van der Waals surface area contributed by atoms with Gasteiger partial charge in [-0.1, -0.05) is 6.92 Å². The summed E-state index contributed by atoms with van der Waals surface area (Å²) in [7, 11) is 0. The quantitative estimate of drug-likeness (QED) is 0.578. The van der Waals surface area contributed by atoms with Gasteiger partial charge in [-0.3, -0.25) is 0 Å². The first-order valence-corrected chi connectivity index (χ1v) is 11.7. The fourth-order valence-electron chi connectivity index (χ4n) is 0. The molecule has 0 aromatic carbocycles. The smallest absolute Gasteiger partial charge is 0.253 e. The number of hydrogen-bond acceptors (Lipinski definition) is 1. The first kappa shape index (κ1) is 12.3. The zero-order valence-corrected chi connectivity index (χ0v) is 10.5. The molecule has 0 unspecified atom stereocenters. The van der Waals surface area contributed by atoms with Crippen LogP contribution in [0.3, 0.4) is 0 Å². The first-order chi connectivity index (χ1) is 3.65. The topological polar surface area (TPSA) is 20.2 Å². The largest absolute Gasteiger partial charge is 0.396 e. The molecule has 0 bridgehead atoms. The van der Waals surface area contributed by atoms with Crippen molar-refractivity contribution in [2.75, 3.05) is 6.61 Å². The molecule has 0 aromatic rings. The fraction of sp³-hybridized carbons (Fsp3) is 1.00. The second kappa shape index (κ2) is 11.4. The minimum absolute atomic E-state index is 0.319. The van der Waals surface area contributed by atoms with Gasteiger partial charge in [-0.15, -0.1) is 45.9 Å². The number of aliphatic hydroxyl groups is 1. The van der Waals surface area contributed by atoms with E-state index in [4.69, 9.17) is 5.11 Å². The van der Waals surface area contributed by atoms with Crippen molar-refractivity contribution in [2.45, 2.75) is 13.3 Å². The molecule has 0 aromatic heterocycles. The van der Waals surface area contributed by atoms with Gasteiger partial charge in [-0.05, 0) is 6.42 Å². The third kappa shape index (κ3) is 48.7. The second-order valence-electron chi connectivity index (χ2n) is 0.971. The molecule has 0 aliphatic carbocycles. The standard InChI is InChI=1S/C3H8O.Br3HSi/c1-2-3-4;1-4(2)3/h4H,2-3H2,1H3;4H. The van der Waals surface area contributed by atoms with Crippen LogP contribution in [0.2, 0.25) is 0 Å². The lowest BCUT2D eigenvalue weighted by Crippen LogP contribution is -1.69. The molecular formula is C3H9Br3OSi. The average Bonchev–Trinajstić information content (AvgIpc) is 1.65. The molecule has 0 atom stereocenters. The van der Waals surface area contributed by atoms with E-state index < -0.39 is 4.65 Å². The highest BCUT2D eigenvalue weighted by Gasteiger charge is 1.82. The summed E-state index contributed by atoms with van der Waals surface area (Å²) in [5.41, 5.74) is 0. The van der Waals surface area contributed by atoms with Crippen LogP contribution >= 0.6 is 45.9 Å². The van der Waals surface area contributed by atoms with Gasteiger partial charge in [0.1, 0.15) is 0 Å². The molecule has 1 N–H and O–H groups in total. The minimum Gasteiger partial charge on any atom is -0.396 e. The van der Waals surface area contributed by atoms with E-state index in [2.05, 4.69) is 45.9 Å². The molecule has 52 valence electrons. The van der Waals surface area contributed by atoms with Crippen LogP contribution in [-0.2, 0) is 0 Å². The maximum absolute atomic E-state index is 7.88. The van der Waals surface area contributed by atoms with Gasteiger partial charge >= 0.3 is 0 Å². The number of rotatable bonds is 1. The van der Waals surface area contributed by atoms with E-state index in [1.54, 1.807) is 0 Å². The third-order valence-corrected chi connectivity index (χ3v) is 0.224. The van der Waals surface area contributed by atoms with Gasteiger partial charge in [0, 0.05) is 6.61 Å². The van der Waals surface area contributed by atoms with E-state index >= 15 is 0 Å². The van der Waals surface area contributed by atoms with Crippen LogP contribution in [0.25, 0.3) is 0 Å². The summed E-state index contributed by atoms with van der Waals surface area (Å²) in [5.74, 6) is 0. The first-order valence-electron chi connectivity index (χ1n) is 2.18. The summed E-state index contributed by atoms with van der Waals surface area (Å²) in [5, 5.41) is 7.88. The summed E-state index contributed by atoms with van der Waals surface area (Å²) in [6.07, 6.45) is 0.875. The average molecular weight is 329 g/mol. The maximum Gasteiger partial charge on any atom is 0.253 e. The van der Waals surface area contributed by atoms with Crippen LogP contribution in [0.15, 0.2) is 0 Å². The molecule has 0 spiro atoms. The molecule has 0 saturated heterocycles. The summed E-state index contributed by atoms with van der Waals surface area (Å²) < 4.78 is -0.701. The van der Waals surface area contributed by atoms with Crippen LogP contribution < -0.4 is 0 Å². The van der Waals surface area contributed by atoms with Crippen LogP contribution in [0.5, 0.6) is 0 Å². The maximum atomic E-state index is 7.88. The van der Waals surface area contributed by atoms with Crippen molar-refractivity contribution >= 4 is 50.5 Å². The van der Waals surface area contributed by atoms with Crippen LogP contribution in [0, 0.1) is 0 Å². The lowest BCUT2D eigenvalue weighted by molar-refractivity contribution is 0.295. The Hall–Kier alpha value is 1.62. The van der Waals surface area contributed by atoms with E-state index in [1.807, 2.05) is 6.92 Å². The lowest BCUT2D eigenvalue weighted by atomic mass is 10.5. The van der Waals surface area contributed by atoms with Crippen molar-refractivity contribution in [1.82, 2.24) is 0 Å². The Bertz CT molecular complexity index is 31.0. The predicted octanol–water partition coefficient (Wildman–Crippen LogP) is 2.28. The molecule has 0 heterocycles. The van der Waals surface area contributed by atoms with Gasteiger partial charge in [0.2, 0.25) is 0 Å². The number of aliphatic hydroxyl groups excluding tert-OH is 1. The van der Waals surface area contributed by atoms with Crippen molar-refractivity contribution in [1.29, 1.82) is 0 Å². The predicted molar refractivity (Wildman–Crippen MR) is 51.3 cm³/mol. The highest BCUT2D eigenvalue weighted by molar-refractivity contribution is 9.69. The molecule has 0 aliphatic rings. The molecule has 0 amide bonds. The Morgan fingerprint density at radius 1 is 1.38 bits per heavy atom. The molecule has 1 nitrogen and oxygen atoms in total. The van der Waals surface area contributed by atoms with Crippen LogP contribution in [0.1, 0.15) is 13.3 Å². The Morgan fingerprint density at radius 3 is 1.50 bits per heavy atom. The van der Waals surface area contributed by atoms with Crippen molar-refractivity contribution in [3.63, 3.8) is 0 Å². The Kier molecular flexibility index (Phi) is 17.6. The van der Waals surface area contributed by atoms with Gasteiger partial charge in [0.05, 0.1) is 0 Å². The Labute approximate surface area is 75.2 Å². The zero-order chi connectivity index (χ0) is 6.99. The molecule has 0 aliphatic heterocycles. The van der Waals surface area contributed by atoms with E-state index in [-0.39, 0.29) is 0 Å². The monoisotopic (exact) mass is 326 g/mol. The van der Waals surface area contributed by atoms with Gasteiger partial charge in [0.15, 0.2) is 0 Å². The highest BCUT2D eigenvalue weighted by atomic mass is 80.0. The zero-order valence-electron chi connectivity index (χ0n) is 4.57. The highest BCUT2D eigenvalue weighted by Crippen LogP contribution is 2.07. The third-order valence-electron chi connectivity index (χ3n) is 0.224. The molecular weight excluding hydrogens is 320 g/mol. The van der Waals surface area contributed by atoms with E-state index in [0.717, 1.165) is 6.42 Å². The van der Waals surface area contributed by atoms with Crippen molar-refractivity contribution in [3.05, 3.63) is 0 Å². The molecule has 0 fully saturated rings. The van der Waals surface area contributed by atoms with Crippen LogP contribution in [-0.4, -0.2) is 16.4 Å². The van der Waals surface area contributed by atoms with Crippen molar-refractivity contribution < 1.29 is 5.11 Å². The minimum atomic E-state index is -0.701. The summed E-state index contributed by atoms with van der Waals surface area (Å²) in [6, 6.07) is 0. The van der Waals surface area contributed by atoms with Gasteiger partial charge in [0.25, 0.3) is 4.65 Å². The summed E-state index contributed by atoms with van der Waals surface area (Å²) >= 11 is 9.73. The SMILES string of the molecule is Br[SiH](Br)Br.CCCO. The van der Waals surface area contributed by atoms with Crippen molar-refractivity contribution in [2.24, 2.45) is 0 Å². The summed E-state index contributed by atoms with van der Waals surface area (Å²) in [4.78, 5) is 0. The van der Waals surface area contributed by atoms with Crippen molar-refractivity contribution in [3.8, 4) is 0 Å². The normalized spacial score (nSPS) is 8.25. The van der Waals surface area contributed by atoms with E-state index in [1.165, 1.54) is 0 Å². The van der Waals surface area contributed by atoms with Gasteiger partial charge < -0.3 is 5.11 Å². The van der Waals surface area contributed by atoms with E-state index in [0.29, 0.717) is 6.61 Å². The fourth-order valence-corrected chi connectivity index (χ4v) is 0. The molecule has 8 heavy (non-hydrogen) atoms. The van der Waals surface area contributed by atoms with E-state index in [9.17, 15) is 0 Å². The second-order valence-corrected chi connectivity index (χ2v) is 20.8. The molecule has 5 heteroatoms. The lowest BCUT2D eigenvalue weighted by Gasteiger charge is -1.69. The number of halogens is 3. The summed E-state index contributed by atoms with van der Waals surface area (Å²) in [6.45, 7) is 2.25. The van der Waals surface area contributed by atoms with Crippen LogP contribution in [0.4, 0.5) is 0 Å². The van der Waals surface area contributed by atoms with Gasteiger partial charge in [-0.2, -0.15) is 0 Å².